The highest BCUT2D eigenvalue weighted by Gasteiger charge is 2.13. The van der Waals surface area contributed by atoms with Gasteiger partial charge in [0.2, 0.25) is 0 Å². The molecule has 0 aliphatic heterocycles. The number of amides is 3. The summed E-state index contributed by atoms with van der Waals surface area (Å²) in [6.45, 7) is 4.47. The van der Waals surface area contributed by atoms with Gasteiger partial charge in [0.15, 0.2) is 0 Å². The van der Waals surface area contributed by atoms with Crippen molar-refractivity contribution >= 4 is 12.1 Å². The van der Waals surface area contributed by atoms with E-state index in [2.05, 4.69) is 17.6 Å². The molecule has 1 atom stereocenters. The molecule has 0 aliphatic rings. The standard InChI is InChI=1S/C26H53N3O5/c1-5-6-7-8-9-10-11-12-13-14-15-16-17-18-21-33-22-24(32-4)23-34-26(31)28-25(30)27-19-20-29(2)3/h24H,5-23H2,1-4H3,(H2,27,28,30,31). The molecule has 0 aliphatic carbocycles. The Balaban J connectivity index is 3.49. The van der Waals surface area contributed by atoms with Crippen molar-refractivity contribution < 1.29 is 23.8 Å². The minimum Gasteiger partial charge on any atom is -0.446 e. The smallest absolute Gasteiger partial charge is 0.415 e. The summed E-state index contributed by atoms with van der Waals surface area (Å²) in [5.74, 6) is 0. The van der Waals surface area contributed by atoms with Crippen molar-refractivity contribution in [3.63, 3.8) is 0 Å². The van der Waals surface area contributed by atoms with Gasteiger partial charge >= 0.3 is 12.1 Å². The minimum atomic E-state index is -0.795. The summed E-state index contributed by atoms with van der Waals surface area (Å²) < 4.78 is 16.0. The van der Waals surface area contributed by atoms with E-state index in [-0.39, 0.29) is 12.7 Å². The van der Waals surface area contributed by atoms with E-state index in [0.717, 1.165) is 6.42 Å². The lowest BCUT2D eigenvalue weighted by atomic mass is 10.0. The van der Waals surface area contributed by atoms with Crippen molar-refractivity contribution in [2.45, 2.75) is 103 Å². The Kier molecular flexibility index (Phi) is 23.7. The number of alkyl carbamates (subject to hydrolysis) is 1. The van der Waals surface area contributed by atoms with Crippen molar-refractivity contribution in [1.29, 1.82) is 0 Å². The first-order valence-corrected chi connectivity index (χ1v) is 13.5. The van der Waals surface area contributed by atoms with Gasteiger partial charge in [0.25, 0.3) is 0 Å². The molecule has 0 saturated heterocycles. The van der Waals surface area contributed by atoms with Crippen LogP contribution in [0.2, 0.25) is 0 Å². The summed E-state index contributed by atoms with van der Waals surface area (Å²) in [6.07, 6.45) is 17.5. The molecule has 0 saturated carbocycles. The minimum absolute atomic E-state index is 0.0338. The first-order chi connectivity index (χ1) is 16.5. The highest BCUT2D eigenvalue weighted by molar-refractivity contribution is 5.90. The highest BCUT2D eigenvalue weighted by Crippen LogP contribution is 2.13. The molecule has 0 radical (unpaired) electrons. The van der Waals surface area contributed by atoms with Crippen LogP contribution in [-0.4, -0.2) is 77.2 Å². The lowest BCUT2D eigenvalue weighted by molar-refractivity contribution is -0.0244. The largest absolute Gasteiger partial charge is 0.446 e. The number of urea groups is 1. The number of hydrogen-bond donors (Lipinski definition) is 2. The zero-order chi connectivity index (χ0) is 25.3. The maximum atomic E-state index is 11.7. The van der Waals surface area contributed by atoms with Crippen LogP contribution in [0.3, 0.4) is 0 Å². The van der Waals surface area contributed by atoms with E-state index in [9.17, 15) is 9.59 Å². The van der Waals surface area contributed by atoms with E-state index in [1.54, 1.807) is 7.11 Å². The van der Waals surface area contributed by atoms with E-state index in [4.69, 9.17) is 14.2 Å². The van der Waals surface area contributed by atoms with Crippen molar-refractivity contribution in [3.05, 3.63) is 0 Å². The third kappa shape index (κ3) is 23.8. The molecule has 34 heavy (non-hydrogen) atoms. The number of nitrogens with zero attached hydrogens (tertiary/aromatic N) is 1. The fourth-order valence-corrected chi connectivity index (χ4v) is 3.53. The van der Waals surface area contributed by atoms with Gasteiger partial charge in [0.05, 0.1) is 6.61 Å². The third-order valence-corrected chi connectivity index (χ3v) is 5.74. The molecule has 0 fully saturated rings. The second-order valence-electron chi connectivity index (χ2n) is 9.31. The Morgan fingerprint density at radius 3 is 1.82 bits per heavy atom. The Bertz CT molecular complexity index is 477. The van der Waals surface area contributed by atoms with Gasteiger partial charge < -0.3 is 24.4 Å². The van der Waals surface area contributed by atoms with Crippen LogP contribution in [0.4, 0.5) is 9.59 Å². The van der Waals surface area contributed by atoms with Gasteiger partial charge in [-0.2, -0.15) is 0 Å². The average molecular weight is 488 g/mol. The van der Waals surface area contributed by atoms with Gasteiger partial charge in [-0.15, -0.1) is 0 Å². The SMILES string of the molecule is CCCCCCCCCCCCCCCCOCC(COC(=O)NC(=O)NCCN(C)C)OC. The van der Waals surface area contributed by atoms with Crippen molar-refractivity contribution in [2.24, 2.45) is 0 Å². The average Bonchev–Trinajstić information content (AvgIpc) is 2.80. The molecular formula is C26H53N3O5. The van der Waals surface area contributed by atoms with Crippen LogP contribution in [0.1, 0.15) is 96.8 Å². The highest BCUT2D eigenvalue weighted by atomic mass is 16.6. The second kappa shape index (κ2) is 24.7. The van der Waals surface area contributed by atoms with Gasteiger partial charge in [-0.05, 0) is 20.5 Å². The molecule has 0 rings (SSSR count). The number of methoxy groups -OCH3 is 1. The Morgan fingerprint density at radius 2 is 1.32 bits per heavy atom. The summed E-state index contributed by atoms with van der Waals surface area (Å²) in [6, 6.07) is -0.574. The Labute approximate surface area is 208 Å². The molecular weight excluding hydrogens is 434 g/mol. The summed E-state index contributed by atoms with van der Waals surface area (Å²) >= 11 is 0. The zero-order valence-corrected chi connectivity index (χ0v) is 22.5. The maximum absolute atomic E-state index is 11.7. The number of ether oxygens (including phenoxy) is 3. The van der Waals surface area contributed by atoms with Gasteiger partial charge in [-0.25, -0.2) is 14.9 Å². The molecule has 0 spiro atoms. The maximum Gasteiger partial charge on any atom is 0.415 e. The van der Waals surface area contributed by atoms with Gasteiger partial charge in [-0.1, -0.05) is 90.4 Å². The molecule has 0 bridgehead atoms. The van der Waals surface area contributed by atoms with Crippen LogP contribution in [0, 0.1) is 0 Å². The number of imide groups is 1. The van der Waals surface area contributed by atoms with Crippen LogP contribution >= 0.6 is 0 Å². The molecule has 0 heterocycles. The topological polar surface area (TPSA) is 89.1 Å². The van der Waals surface area contributed by atoms with Crippen LogP contribution in [0.25, 0.3) is 0 Å². The Hall–Kier alpha value is -1.38. The van der Waals surface area contributed by atoms with Gasteiger partial charge in [-0.3, -0.25) is 0 Å². The van der Waals surface area contributed by atoms with E-state index < -0.39 is 12.1 Å². The molecule has 8 nitrogen and oxygen atoms in total. The first kappa shape index (κ1) is 32.6. The number of unbranched alkanes of at least 4 members (excludes halogenated alkanes) is 13. The molecule has 202 valence electrons. The molecule has 0 aromatic heterocycles. The number of hydrogen-bond acceptors (Lipinski definition) is 6. The molecule has 0 aromatic rings. The number of nitrogens with one attached hydrogen (secondary N) is 2. The number of likely N-dealkylation sites (N-methyl/N-ethyl adjacent to an activating group) is 1. The van der Waals surface area contributed by atoms with Gasteiger partial charge in [0.1, 0.15) is 12.7 Å². The molecule has 2 N–H and O–H groups in total. The Morgan fingerprint density at radius 1 is 0.794 bits per heavy atom. The van der Waals surface area contributed by atoms with Crippen LogP contribution < -0.4 is 10.6 Å². The predicted molar refractivity (Wildman–Crippen MR) is 138 cm³/mol. The van der Waals surface area contributed by atoms with Crippen molar-refractivity contribution in [2.75, 3.05) is 54.1 Å². The second-order valence-corrected chi connectivity index (χ2v) is 9.31. The van der Waals surface area contributed by atoms with Crippen LogP contribution in [0.5, 0.6) is 0 Å². The fourth-order valence-electron chi connectivity index (χ4n) is 3.53. The summed E-state index contributed by atoms with van der Waals surface area (Å²) in [7, 11) is 5.36. The first-order valence-electron chi connectivity index (χ1n) is 13.5. The van der Waals surface area contributed by atoms with E-state index in [0.29, 0.717) is 26.3 Å². The summed E-state index contributed by atoms with van der Waals surface area (Å²) in [5.41, 5.74) is 0. The van der Waals surface area contributed by atoms with Gasteiger partial charge in [0, 0.05) is 26.8 Å². The monoisotopic (exact) mass is 487 g/mol. The normalized spacial score (nSPS) is 12.0. The number of rotatable bonds is 23. The van der Waals surface area contributed by atoms with Crippen molar-refractivity contribution in [3.8, 4) is 0 Å². The number of carbonyl (C=O) groups excluding carboxylic acids is 2. The molecule has 3 amide bonds. The van der Waals surface area contributed by atoms with Crippen LogP contribution in [0.15, 0.2) is 0 Å². The number of carbonyl (C=O) groups is 2. The van der Waals surface area contributed by atoms with E-state index >= 15 is 0 Å². The molecule has 0 aromatic carbocycles. The lowest BCUT2D eigenvalue weighted by Crippen LogP contribution is -2.42. The molecule has 1 unspecified atom stereocenters. The lowest BCUT2D eigenvalue weighted by Gasteiger charge is -2.16. The van der Waals surface area contributed by atoms with Crippen LogP contribution in [-0.2, 0) is 14.2 Å². The van der Waals surface area contributed by atoms with Crippen molar-refractivity contribution in [1.82, 2.24) is 15.5 Å². The predicted octanol–water partition coefficient (Wildman–Crippen LogP) is 5.50. The fraction of sp³-hybridized carbons (Fsp3) is 0.923. The van der Waals surface area contributed by atoms with E-state index in [1.807, 2.05) is 19.0 Å². The molecule has 8 heteroatoms. The quantitative estimate of drug-likeness (QED) is 0.185. The zero-order valence-electron chi connectivity index (χ0n) is 22.5. The summed E-state index contributed by atoms with van der Waals surface area (Å²) in [4.78, 5) is 25.2. The third-order valence-electron chi connectivity index (χ3n) is 5.74. The summed E-state index contributed by atoms with van der Waals surface area (Å²) in [5, 5.41) is 4.71. The van der Waals surface area contributed by atoms with E-state index in [1.165, 1.54) is 83.5 Å².